The van der Waals surface area contributed by atoms with Gasteiger partial charge in [0.1, 0.15) is 0 Å². The topological polar surface area (TPSA) is 27.3 Å². The molecule has 4 rings (SSSR count). The van der Waals surface area contributed by atoms with Crippen LogP contribution in [0.3, 0.4) is 0 Å². The molecule has 0 aliphatic carbocycles. The van der Waals surface area contributed by atoms with Crippen LogP contribution in [0.4, 0.5) is 10.7 Å². The molecule has 0 spiro atoms. The number of nitrogens with zero attached hydrogens (tertiary/aromatic N) is 1. The Morgan fingerprint density at radius 1 is 1.13 bits per heavy atom. The zero-order valence-corrected chi connectivity index (χ0v) is 19.6. The number of anilines is 2. The van der Waals surface area contributed by atoms with E-state index in [0.29, 0.717) is 12.0 Å². The van der Waals surface area contributed by atoms with Gasteiger partial charge in [-0.05, 0) is 42.1 Å². The van der Waals surface area contributed by atoms with Crippen LogP contribution in [-0.2, 0) is 6.42 Å². The fraction of sp³-hybridized carbons (Fsp3) is 0.462. The van der Waals surface area contributed by atoms with Crippen molar-refractivity contribution < 1.29 is 0 Å². The van der Waals surface area contributed by atoms with Gasteiger partial charge in [-0.3, -0.25) is 0 Å². The van der Waals surface area contributed by atoms with E-state index in [4.69, 9.17) is 0 Å². The van der Waals surface area contributed by atoms with Crippen molar-refractivity contribution in [3.05, 3.63) is 58.5 Å². The lowest BCUT2D eigenvalue weighted by atomic mass is 9.96. The van der Waals surface area contributed by atoms with E-state index < -0.39 is 0 Å². The van der Waals surface area contributed by atoms with Crippen LogP contribution in [0.25, 0.3) is 10.8 Å². The van der Waals surface area contributed by atoms with Crippen LogP contribution in [0.5, 0.6) is 0 Å². The fourth-order valence-electron chi connectivity index (χ4n) is 4.66. The van der Waals surface area contributed by atoms with Gasteiger partial charge in [0.15, 0.2) is 0 Å². The van der Waals surface area contributed by atoms with Gasteiger partial charge in [0.05, 0.1) is 10.7 Å². The largest absolute Gasteiger partial charge is 0.384 e. The molecule has 1 aromatic heterocycles. The summed E-state index contributed by atoms with van der Waals surface area (Å²) in [5, 5.41) is 11.6. The third-order valence-electron chi connectivity index (χ3n) is 6.04. The highest BCUT2D eigenvalue weighted by Crippen LogP contribution is 2.48. The van der Waals surface area contributed by atoms with Gasteiger partial charge in [0, 0.05) is 42.5 Å². The third-order valence-corrected chi connectivity index (χ3v) is 7.30. The lowest BCUT2D eigenvalue weighted by Crippen LogP contribution is -2.36. The molecule has 0 fully saturated rings. The predicted octanol–water partition coefficient (Wildman–Crippen LogP) is 6.44. The van der Waals surface area contributed by atoms with E-state index in [2.05, 4.69) is 85.8 Å². The van der Waals surface area contributed by atoms with Crippen LogP contribution < -0.4 is 15.5 Å². The normalized spacial score (nSPS) is 16.3. The lowest BCUT2D eigenvalue weighted by molar-refractivity contribution is 0.502. The first kappa shape index (κ1) is 21.2. The second-order valence-electron chi connectivity index (χ2n) is 8.83. The van der Waals surface area contributed by atoms with Gasteiger partial charge in [-0.15, -0.1) is 11.3 Å². The van der Waals surface area contributed by atoms with Crippen molar-refractivity contribution in [1.82, 2.24) is 5.32 Å². The summed E-state index contributed by atoms with van der Waals surface area (Å²) >= 11 is 2.01. The molecule has 1 unspecified atom stereocenters. The maximum absolute atomic E-state index is 3.82. The smallest absolute Gasteiger partial charge is 0.0981 e. The molecule has 160 valence electrons. The number of benzene rings is 2. The van der Waals surface area contributed by atoms with Crippen molar-refractivity contribution in [2.75, 3.05) is 36.9 Å². The van der Waals surface area contributed by atoms with Crippen LogP contribution in [0.15, 0.2) is 42.5 Å². The summed E-state index contributed by atoms with van der Waals surface area (Å²) in [6, 6.07) is 15.9. The molecule has 0 radical (unpaired) electrons. The highest BCUT2D eigenvalue weighted by molar-refractivity contribution is 7.17. The Balaban J connectivity index is 1.79. The van der Waals surface area contributed by atoms with Gasteiger partial charge in [0.25, 0.3) is 0 Å². The van der Waals surface area contributed by atoms with Crippen LogP contribution in [0, 0.1) is 5.92 Å². The minimum atomic E-state index is 0.431. The van der Waals surface area contributed by atoms with Crippen LogP contribution in [-0.4, -0.2) is 26.7 Å². The van der Waals surface area contributed by atoms with Crippen molar-refractivity contribution >= 4 is 32.8 Å². The third kappa shape index (κ3) is 4.21. The highest BCUT2D eigenvalue weighted by Gasteiger charge is 2.31. The summed E-state index contributed by atoms with van der Waals surface area (Å²) < 4.78 is 0. The van der Waals surface area contributed by atoms with Crippen molar-refractivity contribution in [2.45, 2.75) is 46.1 Å². The average Bonchev–Trinajstić information content (AvgIpc) is 3.11. The molecule has 2 N–H and O–H groups in total. The Kier molecular flexibility index (Phi) is 6.64. The lowest BCUT2D eigenvalue weighted by Gasteiger charge is -2.35. The molecule has 0 bridgehead atoms. The van der Waals surface area contributed by atoms with Gasteiger partial charge < -0.3 is 15.5 Å². The standard InChI is InChI=1S/C26H35N3S/c1-5-14-28-25-23(16-20-11-8-10-19-9-6-7-12-21(19)20)30-26-24(25)22(27-4)13-15-29(26)17-18(2)3/h6-12,18,22,27-28H,5,13-17H2,1-4H3. The molecule has 0 amide bonds. The molecule has 2 aromatic carbocycles. The summed E-state index contributed by atoms with van der Waals surface area (Å²) in [5.74, 6) is 0.666. The Labute approximate surface area is 185 Å². The summed E-state index contributed by atoms with van der Waals surface area (Å²) in [4.78, 5) is 4.10. The fourth-order valence-corrected chi connectivity index (χ4v) is 6.05. The molecule has 0 saturated heterocycles. The van der Waals surface area contributed by atoms with Crippen LogP contribution >= 0.6 is 11.3 Å². The van der Waals surface area contributed by atoms with E-state index in [1.54, 1.807) is 0 Å². The molecule has 4 heteroatoms. The molecule has 3 aromatic rings. The quantitative estimate of drug-likeness (QED) is 0.438. The predicted molar refractivity (Wildman–Crippen MR) is 133 cm³/mol. The van der Waals surface area contributed by atoms with Crippen LogP contribution in [0.2, 0.25) is 0 Å². The molecule has 3 nitrogen and oxygen atoms in total. The summed E-state index contributed by atoms with van der Waals surface area (Å²) in [6.07, 6.45) is 3.29. The Morgan fingerprint density at radius 3 is 2.70 bits per heavy atom. The Bertz CT molecular complexity index is 986. The van der Waals surface area contributed by atoms with Crippen molar-refractivity contribution in [3.63, 3.8) is 0 Å². The minimum Gasteiger partial charge on any atom is -0.384 e. The SMILES string of the molecule is CCCNc1c(Cc2cccc3ccccc23)sc2c1C(NC)CCN2CC(C)C. The molecule has 1 aliphatic rings. The van der Waals surface area contributed by atoms with Gasteiger partial charge in [-0.25, -0.2) is 0 Å². The summed E-state index contributed by atoms with van der Waals surface area (Å²) in [6.45, 7) is 10.2. The first-order valence-electron chi connectivity index (χ1n) is 11.4. The monoisotopic (exact) mass is 421 g/mol. The zero-order valence-electron chi connectivity index (χ0n) is 18.8. The number of thiophene rings is 1. The molecule has 30 heavy (non-hydrogen) atoms. The number of hydrogen-bond donors (Lipinski definition) is 2. The van der Waals surface area contributed by atoms with E-state index in [1.807, 2.05) is 11.3 Å². The first-order chi connectivity index (χ1) is 14.6. The first-order valence-corrected chi connectivity index (χ1v) is 12.2. The zero-order chi connectivity index (χ0) is 21.1. The van der Waals surface area contributed by atoms with E-state index in [-0.39, 0.29) is 0 Å². The number of fused-ring (bicyclic) bond motifs is 2. The summed E-state index contributed by atoms with van der Waals surface area (Å²) in [5.41, 5.74) is 4.30. The minimum absolute atomic E-state index is 0.431. The second-order valence-corrected chi connectivity index (χ2v) is 9.91. The van der Waals surface area contributed by atoms with Gasteiger partial charge >= 0.3 is 0 Å². The van der Waals surface area contributed by atoms with Crippen molar-refractivity contribution in [2.24, 2.45) is 5.92 Å². The molecular weight excluding hydrogens is 386 g/mol. The van der Waals surface area contributed by atoms with Gasteiger partial charge in [-0.1, -0.05) is 63.2 Å². The molecule has 0 saturated carbocycles. The summed E-state index contributed by atoms with van der Waals surface area (Å²) in [7, 11) is 2.11. The van der Waals surface area contributed by atoms with E-state index >= 15 is 0 Å². The maximum Gasteiger partial charge on any atom is 0.0981 e. The van der Waals surface area contributed by atoms with Gasteiger partial charge in [-0.2, -0.15) is 0 Å². The molecule has 1 aliphatic heterocycles. The van der Waals surface area contributed by atoms with Crippen LogP contribution in [0.1, 0.15) is 55.7 Å². The Hall–Kier alpha value is -2.04. The number of rotatable bonds is 8. The number of nitrogens with one attached hydrogen (secondary N) is 2. The van der Waals surface area contributed by atoms with Gasteiger partial charge in [0.2, 0.25) is 0 Å². The van der Waals surface area contributed by atoms with E-state index in [0.717, 1.165) is 32.5 Å². The average molecular weight is 422 g/mol. The number of hydrogen-bond acceptors (Lipinski definition) is 4. The molecular formula is C26H35N3S. The van der Waals surface area contributed by atoms with Crippen molar-refractivity contribution in [1.29, 1.82) is 0 Å². The van der Waals surface area contributed by atoms with Crippen molar-refractivity contribution in [3.8, 4) is 0 Å². The Morgan fingerprint density at radius 2 is 1.93 bits per heavy atom. The second kappa shape index (κ2) is 9.40. The molecule has 1 atom stereocenters. The maximum atomic E-state index is 3.82. The van der Waals surface area contributed by atoms with E-state index in [9.17, 15) is 0 Å². The highest BCUT2D eigenvalue weighted by atomic mass is 32.1. The van der Waals surface area contributed by atoms with E-state index in [1.165, 1.54) is 43.9 Å². The molecule has 2 heterocycles.